The number of aromatic nitrogens is 2. The van der Waals surface area contributed by atoms with Crippen LogP contribution in [0.5, 0.6) is 0 Å². The first-order valence-electron chi connectivity index (χ1n) is 8.75. The molecule has 2 aliphatic heterocycles. The highest BCUT2D eigenvalue weighted by molar-refractivity contribution is 5.78. The number of amides is 1. The largest absolute Gasteiger partial charge is 0.367 e. The lowest BCUT2D eigenvalue weighted by Gasteiger charge is -2.34. The fourth-order valence-electron chi connectivity index (χ4n) is 3.55. The summed E-state index contributed by atoms with van der Waals surface area (Å²) in [4.78, 5) is 21.5. The van der Waals surface area contributed by atoms with Crippen molar-refractivity contribution in [3.63, 3.8) is 0 Å². The Kier molecular flexibility index (Phi) is 5.33. The summed E-state index contributed by atoms with van der Waals surface area (Å²) in [6, 6.07) is 0. The van der Waals surface area contributed by atoms with Crippen molar-refractivity contribution >= 4 is 5.91 Å². The van der Waals surface area contributed by atoms with Crippen molar-refractivity contribution in [2.24, 2.45) is 7.05 Å². The lowest BCUT2D eigenvalue weighted by molar-refractivity contribution is -0.140. The molecule has 2 aliphatic rings. The molecular weight excluding hydrogens is 292 g/mol. The fourth-order valence-corrected chi connectivity index (χ4v) is 3.55. The van der Waals surface area contributed by atoms with Crippen LogP contribution >= 0.6 is 0 Å². The van der Waals surface area contributed by atoms with Gasteiger partial charge in [0.2, 0.25) is 5.91 Å². The second-order valence-corrected chi connectivity index (χ2v) is 6.74. The van der Waals surface area contributed by atoms with E-state index < -0.39 is 0 Å². The van der Waals surface area contributed by atoms with Crippen molar-refractivity contribution in [3.05, 3.63) is 17.7 Å². The van der Waals surface area contributed by atoms with Crippen molar-refractivity contribution < 1.29 is 9.53 Å². The van der Waals surface area contributed by atoms with Crippen molar-refractivity contribution in [2.45, 2.75) is 38.7 Å². The van der Waals surface area contributed by atoms with E-state index >= 15 is 0 Å². The Morgan fingerprint density at radius 1 is 1.26 bits per heavy atom. The first-order chi connectivity index (χ1) is 11.1. The number of aryl methyl sites for hydroxylation is 2. The molecule has 0 spiro atoms. The van der Waals surface area contributed by atoms with Gasteiger partial charge in [0.25, 0.3) is 0 Å². The Morgan fingerprint density at radius 2 is 2.00 bits per heavy atom. The summed E-state index contributed by atoms with van der Waals surface area (Å²) < 4.78 is 7.86. The van der Waals surface area contributed by atoms with Gasteiger partial charge in [0.15, 0.2) is 0 Å². The van der Waals surface area contributed by atoms with Gasteiger partial charge in [0, 0.05) is 19.8 Å². The summed E-state index contributed by atoms with van der Waals surface area (Å²) in [6.07, 6.45) is 6.90. The minimum Gasteiger partial charge on any atom is -0.367 e. The number of morpholine rings is 1. The molecule has 3 heterocycles. The van der Waals surface area contributed by atoms with Gasteiger partial charge in [-0.25, -0.2) is 4.98 Å². The zero-order valence-corrected chi connectivity index (χ0v) is 14.3. The molecule has 1 amide bonds. The molecule has 1 aromatic heterocycles. The summed E-state index contributed by atoms with van der Waals surface area (Å²) >= 11 is 0. The minimum atomic E-state index is -0.115. The Morgan fingerprint density at radius 3 is 2.65 bits per heavy atom. The molecule has 0 saturated carbocycles. The lowest BCUT2D eigenvalue weighted by atomic mass is 10.2. The van der Waals surface area contributed by atoms with Crippen molar-refractivity contribution in [1.82, 2.24) is 19.4 Å². The maximum Gasteiger partial charge on any atom is 0.236 e. The normalized spacial score (nSPS) is 23.7. The maximum atomic E-state index is 12.6. The molecule has 1 aromatic rings. The smallest absolute Gasteiger partial charge is 0.236 e. The van der Waals surface area contributed by atoms with Crippen LogP contribution in [-0.2, 0) is 16.6 Å². The van der Waals surface area contributed by atoms with Gasteiger partial charge in [-0.2, -0.15) is 0 Å². The van der Waals surface area contributed by atoms with E-state index in [0.717, 1.165) is 24.6 Å². The minimum absolute atomic E-state index is 0.115. The van der Waals surface area contributed by atoms with Gasteiger partial charge in [0.05, 0.1) is 25.4 Å². The van der Waals surface area contributed by atoms with Crippen LogP contribution in [0, 0.1) is 6.92 Å². The number of rotatable bonds is 3. The number of ether oxygens (including phenoxy) is 1. The molecule has 3 rings (SSSR count). The molecule has 0 radical (unpaired) electrons. The Hall–Kier alpha value is -1.40. The maximum absolute atomic E-state index is 12.6. The van der Waals surface area contributed by atoms with Gasteiger partial charge in [-0.3, -0.25) is 9.69 Å². The summed E-state index contributed by atoms with van der Waals surface area (Å²) in [6.45, 7) is 6.52. The van der Waals surface area contributed by atoms with Crippen LogP contribution < -0.4 is 0 Å². The van der Waals surface area contributed by atoms with Crippen LogP contribution in [0.4, 0.5) is 0 Å². The number of hydrogen-bond acceptors (Lipinski definition) is 4. The number of carbonyl (C=O) groups is 1. The molecule has 0 N–H and O–H groups in total. The third-order valence-corrected chi connectivity index (χ3v) is 4.80. The lowest BCUT2D eigenvalue weighted by Crippen LogP contribution is -2.47. The van der Waals surface area contributed by atoms with Gasteiger partial charge < -0.3 is 14.2 Å². The van der Waals surface area contributed by atoms with E-state index in [2.05, 4.69) is 9.88 Å². The van der Waals surface area contributed by atoms with Gasteiger partial charge in [0.1, 0.15) is 11.9 Å². The third-order valence-electron chi connectivity index (χ3n) is 4.80. The molecule has 6 nitrogen and oxygen atoms in total. The Bertz CT molecular complexity index is 535. The average Bonchev–Trinajstić information content (AvgIpc) is 2.74. The zero-order valence-electron chi connectivity index (χ0n) is 14.3. The SMILES string of the molecule is Cc1cn(C)c([C@H]2CN(C(=O)CN3CCCCCC3)CCO2)n1. The highest BCUT2D eigenvalue weighted by Gasteiger charge is 2.28. The predicted molar refractivity (Wildman–Crippen MR) is 88.1 cm³/mol. The van der Waals surface area contributed by atoms with E-state index in [1.54, 1.807) is 0 Å². The summed E-state index contributed by atoms with van der Waals surface area (Å²) in [5.41, 5.74) is 0.985. The molecule has 6 heteroatoms. The van der Waals surface area contributed by atoms with Crippen LogP contribution in [0.15, 0.2) is 6.20 Å². The van der Waals surface area contributed by atoms with E-state index in [-0.39, 0.29) is 12.0 Å². The summed E-state index contributed by atoms with van der Waals surface area (Å²) in [5, 5.41) is 0. The van der Waals surface area contributed by atoms with E-state index in [1.165, 1.54) is 25.7 Å². The van der Waals surface area contributed by atoms with Gasteiger partial charge in [-0.15, -0.1) is 0 Å². The highest BCUT2D eigenvalue weighted by Crippen LogP contribution is 2.21. The highest BCUT2D eigenvalue weighted by atomic mass is 16.5. The first kappa shape index (κ1) is 16.5. The molecule has 2 saturated heterocycles. The van der Waals surface area contributed by atoms with Crippen LogP contribution in [0.1, 0.15) is 43.3 Å². The van der Waals surface area contributed by atoms with Crippen LogP contribution in [0.3, 0.4) is 0 Å². The molecule has 128 valence electrons. The van der Waals surface area contributed by atoms with Crippen molar-refractivity contribution in [3.8, 4) is 0 Å². The standard InChI is InChI=1S/C17H28N4O2/c1-14-11-19(2)17(18-14)15-12-21(9-10-23-15)16(22)13-20-7-5-3-4-6-8-20/h11,15H,3-10,12-13H2,1-2H3/t15-/m1/s1. The molecule has 1 atom stereocenters. The number of likely N-dealkylation sites (tertiary alicyclic amines) is 1. The number of imidazole rings is 1. The molecular formula is C17H28N4O2. The predicted octanol–water partition coefficient (Wildman–Crippen LogP) is 1.50. The van der Waals surface area contributed by atoms with Crippen LogP contribution in [0.25, 0.3) is 0 Å². The average molecular weight is 320 g/mol. The Labute approximate surface area is 138 Å². The molecule has 0 aliphatic carbocycles. The molecule has 23 heavy (non-hydrogen) atoms. The van der Waals surface area contributed by atoms with Crippen molar-refractivity contribution in [2.75, 3.05) is 39.3 Å². The zero-order chi connectivity index (χ0) is 16.2. The molecule has 0 aromatic carbocycles. The van der Waals surface area contributed by atoms with Gasteiger partial charge >= 0.3 is 0 Å². The number of nitrogens with zero attached hydrogens (tertiary/aromatic N) is 4. The van der Waals surface area contributed by atoms with Gasteiger partial charge in [-0.1, -0.05) is 12.8 Å². The van der Waals surface area contributed by atoms with E-state index in [9.17, 15) is 4.79 Å². The van der Waals surface area contributed by atoms with Crippen LogP contribution in [0.2, 0.25) is 0 Å². The quantitative estimate of drug-likeness (QED) is 0.847. The van der Waals surface area contributed by atoms with Crippen LogP contribution in [-0.4, -0.2) is 64.6 Å². The van der Waals surface area contributed by atoms with Crippen molar-refractivity contribution in [1.29, 1.82) is 0 Å². The van der Waals surface area contributed by atoms with Gasteiger partial charge in [-0.05, 0) is 32.9 Å². The third kappa shape index (κ3) is 4.12. The summed E-state index contributed by atoms with van der Waals surface area (Å²) in [7, 11) is 1.98. The second-order valence-electron chi connectivity index (χ2n) is 6.74. The second kappa shape index (κ2) is 7.45. The monoisotopic (exact) mass is 320 g/mol. The molecule has 2 fully saturated rings. The van der Waals surface area contributed by atoms with E-state index in [4.69, 9.17) is 4.74 Å². The first-order valence-corrected chi connectivity index (χ1v) is 8.75. The molecule has 0 unspecified atom stereocenters. The number of hydrogen-bond donors (Lipinski definition) is 0. The number of carbonyl (C=O) groups excluding carboxylic acids is 1. The Balaban J connectivity index is 1.59. The fraction of sp³-hybridized carbons (Fsp3) is 0.765. The summed E-state index contributed by atoms with van der Waals surface area (Å²) in [5.74, 6) is 1.14. The van der Waals surface area contributed by atoms with E-state index in [0.29, 0.717) is 26.2 Å². The molecule has 0 bridgehead atoms. The topological polar surface area (TPSA) is 50.6 Å². The van der Waals surface area contributed by atoms with E-state index in [1.807, 2.05) is 29.6 Å².